The van der Waals surface area contributed by atoms with Gasteiger partial charge in [-0.3, -0.25) is 4.98 Å². The Bertz CT molecular complexity index is 1400. The highest BCUT2D eigenvalue weighted by molar-refractivity contribution is 7.80. The van der Waals surface area contributed by atoms with Crippen molar-refractivity contribution in [3.63, 3.8) is 0 Å². The van der Waals surface area contributed by atoms with Gasteiger partial charge in [0.1, 0.15) is 23.3 Å². The van der Waals surface area contributed by atoms with Gasteiger partial charge in [0, 0.05) is 17.4 Å². The number of thiocarbonyl (C=S) groups is 1. The van der Waals surface area contributed by atoms with E-state index in [-0.39, 0.29) is 12.1 Å². The summed E-state index contributed by atoms with van der Waals surface area (Å²) in [7, 11) is 0. The molecule has 2 aromatic heterocycles. The maximum atomic E-state index is 6.42. The van der Waals surface area contributed by atoms with Crippen LogP contribution in [0.4, 0.5) is 5.69 Å². The monoisotopic (exact) mass is 549 g/mol. The first-order chi connectivity index (χ1) is 18.1. The zero-order valence-corrected chi connectivity index (χ0v) is 22.3. The number of furan rings is 1. The van der Waals surface area contributed by atoms with Crippen molar-refractivity contribution in [2.24, 2.45) is 0 Å². The molecule has 1 N–H and O–H groups in total. The summed E-state index contributed by atoms with van der Waals surface area (Å²) in [6.45, 7) is 0. The van der Waals surface area contributed by atoms with Gasteiger partial charge in [0.15, 0.2) is 5.11 Å². The quantitative estimate of drug-likeness (QED) is 0.245. The molecule has 1 saturated carbocycles. The molecule has 0 unspecified atom stereocenters. The van der Waals surface area contributed by atoms with Gasteiger partial charge in [-0.25, -0.2) is 0 Å². The van der Waals surface area contributed by atoms with Gasteiger partial charge in [-0.1, -0.05) is 29.3 Å². The molecule has 2 atom stereocenters. The van der Waals surface area contributed by atoms with Gasteiger partial charge < -0.3 is 19.4 Å². The number of halogens is 2. The average Bonchev–Trinajstić information content (AvgIpc) is 3.67. The SMILES string of the molecule is S=C1N[C@@H](c2ccccn2)[C@H](c2ccc(-c3ccc(Cl)c(Cl)c3)o2)N1c1ccc(OC2CCCC2)cc1. The summed E-state index contributed by atoms with van der Waals surface area (Å²) in [5.41, 5.74) is 2.68. The van der Waals surface area contributed by atoms with E-state index in [0.29, 0.717) is 27.0 Å². The van der Waals surface area contributed by atoms with Crippen LogP contribution in [0.2, 0.25) is 10.0 Å². The second-order valence-electron chi connectivity index (χ2n) is 9.35. The average molecular weight is 551 g/mol. The summed E-state index contributed by atoms with van der Waals surface area (Å²) < 4.78 is 12.6. The van der Waals surface area contributed by atoms with Crippen LogP contribution in [0.15, 0.2) is 83.4 Å². The number of nitrogens with one attached hydrogen (secondary N) is 1. The van der Waals surface area contributed by atoms with Crippen LogP contribution in [0.3, 0.4) is 0 Å². The molecule has 8 heteroatoms. The molecule has 3 heterocycles. The van der Waals surface area contributed by atoms with Gasteiger partial charge in [0.05, 0.1) is 27.9 Å². The topological polar surface area (TPSA) is 50.5 Å². The van der Waals surface area contributed by atoms with Gasteiger partial charge in [-0.2, -0.15) is 0 Å². The van der Waals surface area contributed by atoms with Crippen molar-refractivity contribution < 1.29 is 9.15 Å². The third kappa shape index (κ3) is 4.93. The molecule has 0 spiro atoms. The minimum absolute atomic E-state index is 0.198. The molecule has 0 amide bonds. The van der Waals surface area contributed by atoms with Gasteiger partial charge >= 0.3 is 0 Å². The van der Waals surface area contributed by atoms with Crippen molar-refractivity contribution >= 4 is 46.2 Å². The van der Waals surface area contributed by atoms with Crippen molar-refractivity contribution in [3.05, 3.63) is 100 Å². The van der Waals surface area contributed by atoms with Crippen LogP contribution in [0.5, 0.6) is 5.75 Å². The normalized spacial score (nSPS) is 19.8. The fraction of sp³-hybridized carbons (Fsp3) is 0.241. The highest BCUT2D eigenvalue weighted by Gasteiger charge is 2.42. The van der Waals surface area contributed by atoms with Crippen molar-refractivity contribution in [1.29, 1.82) is 0 Å². The van der Waals surface area contributed by atoms with Gasteiger partial charge in [-0.15, -0.1) is 0 Å². The van der Waals surface area contributed by atoms with E-state index in [4.69, 9.17) is 44.6 Å². The molecule has 4 aromatic rings. The largest absolute Gasteiger partial charge is 0.490 e. The minimum Gasteiger partial charge on any atom is -0.490 e. The van der Waals surface area contributed by atoms with Crippen LogP contribution in [0.1, 0.15) is 49.2 Å². The van der Waals surface area contributed by atoms with Crippen LogP contribution in [0.25, 0.3) is 11.3 Å². The molecule has 6 rings (SSSR count). The summed E-state index contributed by atoms with van der Waals surface area (Å²) in [6, 6.07) is 23.0. The third-order valence-corrected chi connectivity index (χ3v) is 7.99. The number of aromatic nitrogens is 1. The molecule has 188 valence electrons. The van der Waals surface area contributed by atoms with Crippen molar-refractivity contribution in [2.45, 2.75) is 43.9 Å². The summed E-state index contributed by atoms with van der Waals surface area (Å²) in [5.74, 6) is 2.34. The highest BCUT2D eigenvalue weighted by atomic mass is 35.5. The second kappa shape index (κ2) is 10.4. The number of nitrogens with zero attached hydrogens (tertiary/aromatic N) is 2. The van der Waals surface area contributed by atoms with Gasteiger partial charge in [-0.05, 0) is 105 Å². The Morgan fingerprint density at radius 3 is 2.49 bits per heavy atom. The number of pyridine rings is 1. The van der Waals surface area contributed by atoms with Crippen LogP contribution in [-0.4, -0.2) is 16.2 Å². The lowest BCUT2D eigenvalue weighted by molar-refractivity contribution is 0.210. The summed E-state index contributed by atoms with van der Waals surface area (Å²) >= 11 is 18.2. The molecule has 2 aromatic carbocycles. The minimum atomic E-state index is -0.250. The Hall–Kier alpha value is -3.06. The number of benzene rings is 2. The van der Waals surface area contributed by atoms with Crippen LogP contribution < -0.4 is 15.0 Å². The number of hydrogen-bond acceptors (Lipinski definition) is 4. The molecule has 1 saturated heterocycles. The lowest BCUT2D eigenvalue weighted by Gasteiger charge is -2.26. The predicted molar refractivity (Wildman–Crippen MR) is 151 cm³/mol. The Kier molecular flexibility index (Phi) is 6.80. The van der Waals surface area contributed by atoms with Crippen LogP contribution in [-0.2, 0) is 0 Å². The molecule has 1 aliphatic carbocycles. The van der Waals surface area contributed by atoms with E-state index in [9.17, 15) is 0 Å². The maximum Gasteiger partial charge on any atom is 0.174 e. The fourth-order valence-corrected chi connectivity index (χ4v) is 5.77. The second-order valence-corrected chi connectivity index (χ2v) is 10.5. The molecular weight excluding hydrogens is 525 g/mol. The Labute approximate surface area is 231 Å². The van der Waals surface area contributed by atoms with E-state index in [1.807, 2.05) is 48.5 Å². The lowest BCUT2D eigenvalue weighted by atomic mass is 10.0. The van der Waals surface area contributed by atoms with E-state index in [2.05, 4.69) is 27.3 Å². The zero-order valence-electron chi connectivity index (χ0n) is 19.9. The van der Waals surface area contributed by atoms with E-state index in [0.717, 1.165) is 41.3 Å². The standard InChI is InChI=1S/C29H25Cl2N3O2S/c30-22-13-8-18(17-23(22)31)25-14-15-26(36-25)28-27(24-7-3-4-16-32-24)33-29(37)34(28)19-9-11-21(12-10-19)35-20-5-1-2-6-20/h3-4,7-17,20,27-28H,1-2,5-6H2,(H,33,37)/t27-,28-/m0/s1. The zero-order chi connectivity index (χ0) is 25.4. The van der Waals surface area contributed by atoms with Gasteiger partial charge in [0.2, 0.25) is 0 Å². The number of ether oxygens (including phenoxy) is 1. The van der Waals surface area contributed by atoms with E-state index < -0.39 is 0 Å². The molecule has 2 fully saturated rings. The van der Waals surface area contributed by atoms with Crippen LogP contribution >= 0.6 is 35.4 Å². The molecule has 37 heavy (non-hydrogen) atoms. The number of anilines is 1. The third-order valence-electron chi connectivity index (χ3n) is 6.94. The molecule has 1 aliphatic heterocycles. The van der Waals surface area contributed by atoms with E-state index in [1.54, 1.807) is 18.3 Å². The Morgan fingerprint density at radius 2 is 1.76 bits per heavy atom. The number of hydrogen-bond donors (Lipinski definition) is 1. The predicted octanol–water partition coefficient (Wildman–Crippen LogP) is 8.15. The molecular formula is C29H25Cl2N3O2S. The Balaban J connectivity index is 1.35. The summed E-state index contributed by atoms with van der Waals surface area (Å²) in [6.07, 6.45) is 6.81. The van der Waals surface area contributed by atoms with E-state index >= 15 is 0 Å². The van der Waals surface area contributed by atoms with Crippen LogP contribution in [0, 0.1) is 0 Å². The number of rotatable bonds is 6. The van der Waals surface area contributed by atoms with Crippen molar-refractivity contribution in [1.82, 2.24) is 10.3 Å². The van der Waals surface area contributed by atoms with Crippen molar-refractivity contribution in [2.75, 3.05) is 4.90 Å². The van der Waals surface area contributed by atoms with Gasteiger partial charge in [0.25, 0.3) is 0 Å². The fourth-order valence-electron chi connectivity index (χ4n) is 5.12. The smallest absolute Gasteiger partial charge is 0.174 e. The highest BCUT2D eigenvalue weighted by Crippen LogP contribution is 2.43. The molecule has 0 bridgehead atoms. The first kappa shape index (κ1) is 24.3. The first-order valence-corrected chi connectivity index (χ1v) is 13.6. The lowest BCUT2D eigenvalue weighted by Crippen LogP contribution is -2.29. The van der Waals surface area contributed by atoms with Crippen molar-refractivity contribution in [3.8, 4) is 17.1 Å². The molecule has 2 aliphatic rings. The molecule has 5 nitrogen and oxygen atoms in total. The van der Waals surface area contributed by atoms with E-state index in [1.165, 1.54) is 12.8 Å². The first-order valence-electron chi connectivity index (χ1n) is 12.4. The molecule has 0 radical (unpaired) electrons. The summed E-state index contributed by atoms with van der Waals surface area (Å²) in [4.78, 5) is 6.70. The Morgan fingerprint density at radius 1 is 0.946 bits per heavy atom. The summed E-state index contributed by atoms with van der Waals surface area (Å²) in [5, 5.41) is 5.06. The maximum absolute atomic E-state index is 6.42.